The molecule has 0 aliphatic carbocycles. The minimum atomic E-state index is -4.33. The lowest BCUT2D eigenvalue weighted by Gasteiger charge is -2.25. The number of aliphatic hydroxyl groups excluding tert-OH is 1. The summed E-state index contributed by atoms with van der Waals surface area (Å²) in [6, 6.07) is -0.855. The molecule has 1 unspecified atom stereocenters. The maximum atomic E-state index is 12.8. The van der Waals surface area contributed by atoms with E-state index < -0.39 is 20.0 Å². The molecule has 0 bridgehead atoms. The maximum absolute atomic E-state index is 12.8. The number of phosphoric acid groups is 1. The van der Waals surface area contributed by atoms with Gasteiger partial charge in [-0.3, -0.25) is 13.8 Å². The van der Waals surface area contributed by atoms with Crippen LogP contribution in [0.4, 0.5) is 0 Å². The van der Waals surface area contributed by atoms with E-state index in [1.807, 2.05) is 27.2 Å². The van der Waals surface area contributed by atoms with Crippen molar-refractivity contribution in [2.24, 2.45) is 0 Å². The summed E-state index contributed by atoms with van der Waals surface area (Å²) >= 11 is 0. The van der Waals surface area contributed by atoms with Gasteiger partial charge in [0.05, 0.1) is 39.9 Å². The van der Waals surface area contributed by atoms with E-state index in [-0.39, 0.29) is 19.1 Å². The Hall–Kier alpha value is -1.02. The van der Waals surface area contributed by atoms with Gasteiger partial charge in [-0.15, -0.1) is 0 Å². The van der Waals surface area contributed by atoms with Crippen molar-refractivity contribution < 1.29 is 32.9 Å². The Morgan fingerprint density at radius 2 is 1.17 bits per heavy atom. The van der Waals surface area contributed by atoms with Crippen molar-refractivity contribution in [3.63, 3.8) is 0 Å². The van der Waals surface area contributed by atoms with E-state index >= 15 is 0 Å². The van der Waals surface area contributed by atoms with Gasteiger partial charge in [-0.2, -0.15) is 0 Å². The average molecular weight is 688 g/mol. The smallest absolute Gasteiger partial charge is 0.387 e. The lowest BCUT2D eigenvalue weighted by atomic mass is 10.0. The Balaban J connectivity index is 4.60. The number of nitrogens with zero attached hydrogens (tertiary/aromatic N) is 1. The monoisotopic (exact) mass is 688 g/mol. The number of allylic oxidation sites excluding steroid dienone is 3. The summed E-state index contributed by atoms with van der Waals surface area (Å²) in [6.07, 6.45) is 33.8. The van der Waals surface area contributed by atoms with E-state index in [2.05, 4.69) is 31.3 Å². The molecule has 278 valence electrons. The number of nitrogens with one attached hydrogen (secondary N) is 1. The van der Waals surface area contributed by atoms with E-state index in [0.717, 1.165) is 38.5 Å². The zero-order valence-corrected chi connectivity index (χ0v) is 32.2. The fourth-order valence-electron chi connectivity index (χ4n) is 5.29. The van der Waals surface area contributed by atoms with E-state index in [4.69, 9.17) is 9.05 Å². The first kappa shape index (κ1) is 46.0. The highest BCUT2D eigenvalue weighted by molar-refractivity contribution is 7.47. The van der Waals surface area contributed by atoms with Crippen molar-refractivity contribution in [3.8, 4) is 0 Å². The number of rotatable bonds is 34. The third-order valence-electron chi connectivity index (χ3n) is 8.42. The largest absolute Gasteiger partial charge is 0.472 e. The molecule has 0 aliphatic rings. The number of phosphoric ester groups is 1. The van der Waals surface area contributed by atoms with Crippen LogP contribution in [0.25, 0.3) is 0 Å². The predicted molar refractivity (Wildman–Crippen MR) is 198 cm³/mol. The van der Waals surface area contributed by atoms with Crippen molar-refractivity contribution >= 4 is 13.7 Å². The number of carbonyl (C=O) groups is 1. The molecule has 0 aliphatic heterocycles. The van der Waals surface area contributed by atoms with Crippen molar-refractivity contribution in [2.45, 2.75) is 174 Å². The Morgan fingerprint density at radius 1 is 0.702 bits per heavy atom. The van der Waals surface area contributed by atoms with Crippen LogP contribution in [0.15, 0.2) is 24.3 Å². The molecule has 0 saturated heterocycles. The molecule has 0 radical (unpaired) electrons. The first-order chi connectivity index (χ1) is 22.5. The van der Waals surface area contributed by atoms with Gasteiger partial charge in [0.2, 0.25) is 5.91 Å². The van der Waals surface area contributed by atoms with Crippen LogP contribution in [0, 0.1) is 0 Å². The van der Waals surface area contributed by atoms with E-state index in [1.165, 1.54) is 103 Å². The number of amides is 1. The molecular formula is C38H76N2O6P+. The number of hydrogen-bond acceptors (Lipinski definition) is 5. The topological polar surface area (TPSA) is 105 Å². The summed E-state index contributed by atoms with van der Waals surface area (Å²) in [5.74, 6) is -0.190. The molecule has 0 heterocycles. The maximum Gasteiger partial charge on any atom is 0.472 e. The Morgan fingerprint density at radius 3 is 1.70 bits per heavy atom. The van der Waals surface area contributed by atoms with Gasteiger partial charge in [0.25, 0.3) is 0 Å². The van der Waals surface area contributed by atoms with Gasteiger partial charge in [-0.25, -0.2) is 4.57 Å². The van der Waals surface area contributed by atoms with E-state index in [9.17, 15) is 19.4 Å². The van der Waals surface area contributed by atoms with Crippen LogP contribution in [-0.2, 0) is 18.4 Å². The number of quaternary nitrogens is 1. The van der Waals surface area contributed by atoms with Crippen molar-refractivity contribution in [1.29, 1.82) is 0 Å². The van der Waals surface area contributed by atoms with Crippen LogP contribution >= 0.6 is 7.82 Å². The van der Waals surface area contributed by atoms with Crippen LogP contribution in [0.5, 0.6) is 0 Å². The lowest BCUT2D eigenvalue weighted by Crippen LogP contribution is -2.45. The zero-order valence-electron chi connectivity index (χ0n) is 31.3. The summed E-state index contributed by atoms with van der Waals surface area (Å²) in [7, 11) is 1.55. The SMILES string of the molecule is CCCCCCCCCC/C=C/CC/C=C/[C@@H](O)[C@H](COP(=O)(O)OCC[N+](C)(C)C)NC(=O)CCCCCCCCCCCCC. The number of likely N-dealkylation sites (N-methyl/N-ethyl adjacent to an activating group) is 1. The summed E-state index contributed by atoms with van der Waals surface area (Å²) in [5, 5.41) is 13.7. The number of unbranched alkanes of at least 4 members (excludes halogenated alkanes) is 19. The Bertz CT molecular complexity index is 829. The van der Waals surface area contributed by atoms with Gasteiger partial charge in [0.15, 0.2) is 0 Å². The molecule has 3 N–H and O–H groups in total. The second-order valence-electron chi connectivity index (χ2n) is 14.3. The zero-order chi connectivity index (χ0) is 35.1. The lowest BCUT2D eigenvalue weighted by molar-refractivity contribution is -0.870. The van der Waals surface area contributed by atoms with Gasteiger partial charge in [0.1, 0.15) is 13.2 Å². The molecule has 0 rings (SSSR count). The van der Waals surface area contributed by atoms with Crippen LogP contribution in [-0.4, -0.2) is 73.4 Å². The summed E-state index contributed by atoms with van der Waals surface area (Å²) in [4.78, 5) is 22.9. The minimum Gasteiger partial charge on any atom is -0.387 e. The summed E-state index contributed by atoms with van der Waals surface area (Å²) in [6.45, 7) is 4.76. The molecular weight excluding hydrogens is 611 g/mol. The molecule has 8 nitrogen and oxygen atoms in total. The molecule has 1 amide bonds. The third kappa shape index (κ3) is 33.3. The van der Waals surface area contributed by atoms with Crippen molar-refractivity contribution in [2.75, 3.05) is 40.9 Å². The molecule has 0 aromatic carbocycles. The predicted octanol–water partition coefficient (Wildman–Crippen LogP) is 9.80. The second kappa shape index (κ2) is 31.0. The molecule has 0 fully saturated rings. The van der Waals surface area contributed by atoms with Gasteiger partial charge in [-0.05, 0) is 32.1 Å². The standard InChI is InChI=1S/C38H75N2O6P/c1-6-8-10-12-14-16-18-19-20-22-23-25-27-29-31-37(41)36(35-46-47(43,44)45-34-33-40(3,4)5)39-38(42)32-30-28-26-24-21-17-15-13-11-9-7-2/h22-23,29,31,36-37,41H,6-21,24-28,30,32-35H2,1-5H3,(H-,39,42,43,44)/p+1/b23-22+,31-29+/t36-,37+/m0/s1. The second-order valence-corrected chi connectivity index (χ2v) is 15.8. The van der Waals surface area contributed by atoms with Crippen LogP contribution < -0.4 is 5.32 Å². The van der Waals surface area contributed by atoms with Crippen LogP contribution in [0.2, 0.25) is 0 Å². The minimum absolute atomic E-state index is 0.0577. The Kier molecular flexibility index (Phi) is 30.3. The molecule has 0 aromatic heterocycles. The van der Waals surface area contributed by atoms with Crippen LogP contribution in [0.3, 0.4) is 0 Å². The molecule has 47 heavy (non-hydrogen) atoms. The van der Waals surface area contributed by atoms with Crippen molar-refractivity contribution in [3.05, 3.63) is 24.3 Å². The number of aliphatic hydroxyl groups is 1. The summed E-state index contributed by atoms with van der Waals surface area (Å²) < 4.78 is 23.4. The molecule has 0 saturated carbocycles. The molecule has 3 atom stereocenters. The normalized spacial score (nSPS) is 15.0. The quantitative estimate of drug-likeness (QED) is 0.0269. The van der Waals surface area contributed by atoms with Gasteiger partial charge >= 0.3 is 7.82 Å². The number of hydrogen-bond donors (Lipinski definition) is 3. The van der Waals surface area contributed by atoms with Crippen LogP contribution in [0.1, 0.15) is 162 Å². The fraction of sp³-hybridized carbons (Fsp3) is 0.868. The van der Waals surface area contributed by atoms with Gasteiger partial charge in [-0.1, -0.05) is 147 Å². The third-order valence-corrected chi connectivity index (χ3v) is 9.41. The fourth-order valence-corrected chi connectivity index (χ4v) is 6.03. The van der Waals surface area contributed by atoms with Crippen molar-refractivity contribution in [1.82, 2.24) is 5.32 Å². The molecule has 9 heteroatoms. The average Bonchev–Trinajstić information content (AvgIpc) is 3.01. The highest BCUT2D eigenvalue weighted by Crippen LogP contribution is 2.43. The van der Waals surface area contributed by atoms with Gasteiger partial charge < -0.3 is 19.8 Å². The highest BCUT2D eigenvalue weighted by atomic mass is 31.2. The Labute approximate surface area is 290 Å². The van der Waals surface area contributed by atoms with E-state index in [1.54, 1.807) is 6.08 Å². The van der Waals surface area contributed by atoms with Gasteiger partial charge in [0, 0.05) is 6.42 Å². The first-order valence-corrected chi connectivity index (χ1v) is 20.7. The molecule has 0 aromatic rings. The first-order valence-electron chi connectivity index (χ1n) is 19.2. The highest BCUT2D eigenvalue weighted by Gasteiger charge is 2.27. The summed E-state index contributed by atoms with van der Waals surface area (Å²) in [5.41, 5.74) is 0. The van der Waals surface area contributed by atoms with E-state index in [0.29, 0.717) is 17.4 Å². The number of carbonyl (C=O) groups excluding carboxylic acids is 1. The molecule has 0 spiro atoms.